The molecule has 0 saturated carbocycles. The highest BCUT2D eigenvalue weighted by atomic mass is 16.5. The van der Waals surface area contributed by atoms with E-state index in [9.17, 15) is 14.4 Å². The van der Waals surface area contributed by atoms with Crippen molar-refractivity contribution in [2.45, 2.75) is 83.5 Å². The Morgan fingerprint density at radius 1 is 0.927 bits per heavy atom. The number of hydrogen-bond donors (Lipinski definition) is 1. The van der Waals surface area contributed by atoms with E-state index in [1.54, 1.807) is 30.9 Å². The third-order valence-corrected chi connectivity index (χ3v) is 10.2. The van der Waals surface area contributed by atoms with Crippen LogP contribution in [0.25, 0.3) is 22.3 Å². The van der Waals surface area contributed by atoms with Crippen molar-refractivity contribution in [1.82, 2.24) is 25.1 Å². The summed E-state index contributed by atoms with van der Waals surface area (Å²) in [4.78, 5) is 55.3. The van der Waals surface area contributed by atoms with E-state index in [-0.39, 0.29) is 25.6 Å². The maximum Gasteiger partial charge on any atom is 0.468 e. The second-order valence-electron chi connectivity index (χ2n) is 13.9. The number of methoxy groups -OCH3 is 2. The Balaban J connectivity index is 1.36. The SMILES string of the molecule is CCOC(=O)C1CCC=CCCCCCN(Cc2ccc(OC)cc2)C(=O)[N+]2CC(Oc3nc(-c4ccccc4)nc4c(C)c(OC)ccc34)CC2C(=O)N1. The topological polar surface area (TPSA) is 135 Å². The molecule has 0 aliphatic carbocycles. The summed E-state index contributed by atoms with van der Waals surface area (Å²) in [6, 6.07) is 19.0. The molecule has 1 radical (unpaired) electrons. The van der Waals surface area contributed by atoms with E-state index in [0.29, 0.717) is 54.3 Å². The number of fused-ring (bicyclic) bond motifs is 2. The fourth-order valence-electron chi connectivity index (χ4n) is 7.19. The van der Waals surface area contributed by atoms with E-state index in [1.165, 1.54) is 0 Å². The van der Waals surface area contributed by atoms with E-state index < -0.39 is 30.1 Å². The number of rotatable bonds is 9. The van der Waals surface area contributed by atoms with E-state index in [0.717, 1.165) is 48.1 Å². The highest BCUT2D eigenvalue weighted by molar-refractivity contribution is 5.93. The Bertz CT molecular complexity index is 1970. The third kappa shape index (κ3) is 9.61. The van der Waals surface area contributed by atoms with Gasteiger partial charge in [-0.05, 0) is 75.8 Å². The maximum atomic E-state index is 14.7. The maximum absolute atomic E-state index is 14.7. The Kier molecular flexibility index (Phi) is 13.3. The Morgan fingerprint density at radius 2 is 1.71 bits per heavy atom. The number of aromatic nitrogens is 2. The molecule has 3 atom stereocenters. The highest BCUT2D eigenvalue weighted by Gasteiger charge is 2.53. The third-order valence-electron chi connectivity index (χ3n) is 10.2. The van der Waals surface area contributed by atoms with Crippen LogP contribution in [0, 0.1) is 6.92 Å². The van der Waals surface area contributed by atoms with Crippen molar-refractivity contribution in [2.24, 2.45) is 0 Å². The molecule has 2 aliphatic heterocycles. The van der Waals surface area contributed by atoms with Crippen LogP contribution in [0.4, 0.5) is 4.79 Å². The molecule has 2 aliphatic rings. The smallest absolute Gasteiger partial charge is 0.468 e. The van der Waals surface area contributed by atoms with Gasteiger partial charge >= 0.3 is 12.0 Å². The number of ether oxygens (including phenoxy) is 4. The minimum Gasteiger partial charge on any atom is -0.497 e. The molecule has 12 nitrogen and oxygen atoms in total. The number of hydrogen-bond acceptors (Lipinski definition) is 9. The molecular weight excluding hydrogens is 699 g/mol. The molecule has 0 spiro atoms. The molecule has 55 heavy (non-hydrogen) atoms. The summed E-state index contributed by atoms with van der Waals surface area (Å²) in [5.41, 5.74) is 3.27. The summed E-state index contributed by atoms with van der Waals surface area (Å²) in [6.07, 6.45) is 8.36. The van der Waals surface area contributed by atoms with Crippen LogP contribution in [0.3, 0.4) is 0 Å². The molecule has 1 N–H and O–H groups in total. The van der Waals surface area contributed by atoms with Gasteiger partial charge in [-0.3, -0.25) is 9.69 Å². The van der Waals surface area contributed by atoms with E-state index in [2.05, 4.69) is 17.5 Å². The first kappa shape index (κ1) is 39.2. The quantitative estimate of drug-likeness (QED) is 0.111. The lowest BCUT2D eigenvalue weighted by Crippen LogP contribution is -2.56. The zero-order valence-corrected chi connectivity index (χ0v) is 32.2. The van der Waals surface area contributed by atoms with Crippen molar-refractivity contribution in [3.05, 3.63) is 90.0 Å². The number of urea groups is 1. The first-order valence-corrected chi connectivity index (χ1v) is 19.2. The van der Waals surface area contributed by atoms with Gasteiger partial charge in [-0.2, -0.15) is 4.98 Å². The van der Waals surface area contributed by atoms with Crippen LogP contribution >= 0.6 is 0 Å². The lowest BCUT2D eigenvalue weighted by Gasteiger charge is -2.24. The number of amides is 3. The Labute approximate surface area is 322 Å². The van der Waals surface area contributed by atoms with Crippen LogP contribution in [-0.4, -0.2) is 84.9 Å². The van der Waals surface area contributed by atoms with E-state index in [1.807, 2.05) is 73.7 Å². The summed E-state index contributed by atoms with van der Waals surface area (Å²) in [7, 11) is 3.24. The Morgan fingerprint density at radius 3 is 2.45 bits per heavy atom. The first-order valence-electron chi connectivity index (χ1n) is 19.2. The average molecular weight is 750 g/mol. The molecular formula is C43H51N5O7+. The van der Waals surface area contributed by atoms with Gasteiger partial charge in [-0.1, -0.05) is 65.9 Å². The molecule has 1 aromatic heterocycles. The molecule has 4 aromatic rings. The van der Waals surface area contributed by atoms with Gasteiger partial charge in [0.25, 0.3) is 5.91 Å². The number of carbonyl (C=O) groups is 3. The van der Waals surface area contributed by atoms with E-state index in [4.69, 9.17) is 28.9 Å². The molecule has 6 rings (SSSR count). The molecule has 3 heterocycles. The lowest BCUT2D eigenvalue weighted by atomic mass is 10.1. The number of nitrogens with one attached hydrogen (secondary N) is 1. The van der Waals surface area contributed by atoms with Crippen LogP contribution in [0.1, 0.15) is 63.0 Å². The predicted octanol–water partition coefficient (Wildman–Crippen LogP) is 6.86. The molecule has 3 aromatic carbocycles. The molecule has 1 fully saturated rings. The number of aryl methyl sites for hydroxylation is 1. The standard InChI is InChI=1S/C43H51N5O7/c1-5-54-42(50)35-18-14-9-7-6-8-10-15-25-47(27-30-19-21-32(52-3)22-20-30)43(51)48-28-33(26-36(48)40(49)44-35)55-41-34-23-24-37(53-4)29(2)38(34)45-39(46-41)31-16-12-11-13-17-31/h7,9,11-13,16-17,19-24,33,35-36H,5-6,8,10,14-15,18,25-28H2,1-4H3,(H,44,49)/q+1. The normalized spacial score (nSPS) is 20.1. The first-order chi connectivity index (χ1) is 26.8. The minimum absolute atomic E-state index is 0.129. The average Bonchev–Trinajstić information content (AvgIpc) is 3.63. The van der Waals surface area contributed by atoms with Crippen molar-refractivity contribution >= 4 is 28.8 Å². The van der Waals surface area contributed by atoms with Gasteiger partial charge in [0.2, 0.25) is 11.9 Å². The van der Waals surface area contributed by atoms with Crippen LogP contribution in [0.15, 0.2) is 78.9 Å². The number of carbonyl (C=O) groups excluding carboxylic acids is 3. The zero-order valence-electron chi connectivity index (χ0n) is 32.2. The van der Waals surface area contributed by atoms with Gasteiger partial charge in [0, 0.05) is 17.7 Å². The van der Waals surface area contributed by atoms with Crippen molar-refractivity contribution < 1.29 is 33.3 Å². The number of allylic oxidation sites excluding steroid dienone is 2. The molecule has 12 heteroatoms. The zero-order chi connectivity index (χ0) is 38.7. The number of nitrogens with zero attached hydrogens (tertiary/aromatic N) is 4. The van der Waals surface area contributed by atoms with Crippen LogP contribution in [-0.2, 0) is 20.9 Å². The molecule has 0 bridgehead atoms. The van der Waals surface area contributed by atoms with Gasteiger partial charge in [-0.25, -0.2) is 14.6 Å². The molecule has 1 saturated heterocycles. The predicted molar refractivity (Wildman–Crippen MR) is 210 cm³/mol. The minimum atomic E-state index is -0.917. The van der Waals surface area contributed by atoms with Gasteiger partial charge < -0.3 is 24.3 Å². The lowest BCUT2D eigenvalue weighted by molar-refractivity contribution is -0.147. The Hall–Kier alpha value is -5.49. The van der Waals surface area contributed by atoms with Crippen molar-refractivity contribution in [3.8, 4) is 28.8 Å². The molecule has 289 valence electrons. The fourth-order valence-corrected chi connectivity index (χ4v) is 7.19. The second kappa shape index (κ2) is 18.7. The monoisotopic (exact) mass is 749 g/mol. The van der Waals surface area contributed by atoms with Crippen molar-refractivity contribution in [2.75, 3.05) is 33.9 Å². The summed E-state index contributed by atoms with van der Waals surface area (Å²) in [5.74, 6) is 1.30. The van der Waals surface area contributed by atoms with Gasteiger partial charge in [0.05, 0.1) is 44.7 Å². The number of esters is 1. The van der Waals surface area contributed by atoms with Crippen LogP contribution < -0.4 is 24.4 Å². The summed E-state index contributed by atoms with van der Waals surface area (Å²) in [5, 5.41) is 3.63. The molecule has 3 unspecified atom stereocenters. The second-order valence-corrected chi connectivity index (χ2v) is 13.9. The fraction of sp³-hybridized carbons (Fsp3) is 0.419. The highest BCUT2D eigenvalue weighted by Crippen LogP contribution is 2.34. The van der Waals surface area contributed by atoms with Gasteiger partial charge in [0.1, 0.15) is 17.5 Å². The summed E-state index contributed by atoms with van der Waals surface area (Å²) < 4.78 is 23.1. The van der Waals surface area contributed by atoms with Crippen LogP contribution in [0.2, 0.25) is 0 Å². The van der Waals surface area contributed by atoms with Crippen molar-refractivity contribution in [1.29, 1.82) is 0 Å². The summed E-state index contributed by atoms with van der Waals surface area (Å²) in [6.45, 7) is 4.86. The summed E-state index contributed by atoms with van der Waals surface area (Å²) >= 11 is 0. The van der Waals surface area contributed by atoms with Crippen LogP contribution in [0.5, 0.6) is 17.4 Å². The van der Waals surface area contributed by atoms with Gasteiger partial charge in [0.15, 0.2) is 18.5 Å². The van der Waals surface area contributed by atoms with E-state index >= 15 is 0 Å². The largest absolute Gasteiger partial charge is 0.497 e. The van der Waals surface area contributed by atoms with Crippen molar-refractivity contribution in [3.63, 3.8) is 0 Å². The molecule has 3 amide bonds. The van der Waals surface area contributed by atoms with Gasteiger partial charge in [-0.15, -0.1) is 0 Å². The number of benzene rings is 3.